The fourth-order valence-electron chi connectivity index (χ4n) is 1.24. The highest BCUT2D eigenvalue weighted by molar-refractivity contribution is 5.11. The molecule has 80 valence electrons. The molecule has 15 heavy (non-hydrogen) atoms. The molecule has 0 aromatic carbocycles. The number of hydrogen-bond acceptors (Lipinski definition) is 2. The molecule has 0 saturated heterocycles. The molecule has 3 nitrogen and oxygen atoms in total. The van der Waals surface area contributed by atoms with E-state index in [1.54, 1.807) is 0 Å². The second kappa shape index (κ2) is 5.96. The summed E-state index contributed by atoms with van der Waals surface area (Å²) in [6.07, 6.45) is 7.32. The molecule has 0 radical (unpaired) electrons. The lowest BCUT2D eigenvalue weighted by atomic mass is 10.2. The maximum absolute atomic E-state index is 4.07. The Balaban J connectivity index is 0.000000531. The minimum absolute atomic E-state index is 0.869. The molecule has 2 rings (SSSR count). The zero-order valence-corrected chi connectivity index (χ0v) is 9.51. The molecule has 0 unspecified atom stereocenters. The van der Waals surface area contributed by atoms with Crippen molar-refractivity contribution in [2.75, 3.05) is 0 Å². The predicted octanol–water partition coefficient (Wildman–Crippen LogP) is 2.66. The molecule has 2 aromatic heterocycles. The van der Waals surface area contributed by atoms with Gasteiger partial charge in [-0.2, -0.15) is 0 Å². The third kappa shape index (κ3) is 3.20. The van der Waals surface area contributed by atoms with E-state index in [-0.39, 0.29) is 0 Å². The second-order valence-corrected chi connectivity index (χ2v) is 3.02. The van der Waals surface area contributed by atoms with Gasteiger partial charge in [-0.15, -0.1) is 0 Å². The van der Waals surface area contributed by atoms with E-state index < -0.39 is 0 Å². The summed E-state index contributed by atoms with van der Waals surface area (Å²) in [6.45, 7) is 6.92. The number of nitrogens with zero attached hydrogens (tertiary/aromatic N) is 3. The molecule has 0 bridgehead atoms. The average Bonchev–Trinajstić information content (AvgIpc) is 2.69. The lowest BCUT2D eigenvalue weighted by Gasteiger charge is -2.03. The van der Waals surface area contributed by atoms with Crippen LogP contribution in [0.15, 0.2) is 37.1 Å². The quantitative estimate of drug-likeness (QED) is 0.751. The SMILES string of the molecule is CC.Cc1cncn1Cc1ccncc1. The highest BCUT2D eigenvalue weighted by Crippen LogP contribution is 2.03. The first-order chi connectivity index (χ1) is 7.36. The first kappa shape index (κ1) is 11.4. The molecule has 2 heterocycles. The van der Waals surface area contributed by atoms with Crippen LogP contribution in [-0.4, -0.2) is 14.5 Å². The first-order valence-corrected chi connectivity index (χ1v) is 5.22. The molecule has 0 amide bonds. The summed E-state index contributed by atoms with van der Waals surface area (Å²) in [5.74, 6) is 0. The molecule has 3 heteroatoms. The van der Waals surface area contributed by atoms with Crippen LogP contribution in [0, 0.1) is 6.92 Å². The summed E-state index contributed by atoms with van der Waals surface area (Å²) in [5, 5.41) is 0. The third-order valence-electron chi connectivity index (χ3n) is 2.02. The fraction of sp³-hybridized carbons (Fsp3) is 0.333. The number of aromatic nitrogens is 3. The highest BCUT2D eigenvalue weighted by atomic mass is 15.0. The van der Waals surface area contributed by atoms with Crippen molar-refractivity contribution in [2.45, 2.75) is 27.3 Å². The van der Waals surface area contributed by atoms with E-state index in [9.17, 15) is 0 Å². The van der Waals surface area contributed by atoms with Crippen LogP contribution in [0.2, 0.25) is 0 Å². The molecule has 0 aliphatic rings. The largest absolute Gasteiger partial charge is 0.330 e. The van der Waals surface area contributed by atoms with Crippen molar-refractivity contribution in [3.8, 4) is 0 Å². The summed E-state index contributed by atoms with van der Waals surface area (Å²) in [7, 11) is 0. The molecule has 0 fully saturated rings. The second-order valence-electron chi connectivity index (χ2n) is 3.02. The van der Waals surface area contributed by atoms with Crippen LogP contribution < -0.4 is 0 Å². The Morgan fingerprint density at radius 1 is 1.13 bits per heavy atom. The van der Waals surface area contributed by atoms with Gasteiger partial charge in [0.15, 0.2) is 0 Å². The summed E-state index contributed by atoms with van der Waals surface area (Å²) < 4.78 is 2.11. The fourth-order valence-corrected chi connectivity index (χ4v) is 1.24. The van der Waals surface area contributed by atoms with Gasteiger partial charge in [0.05, 0.1) is 6.33 Å². The van der Waals surface area contributed by atoms with Crippen LogP contribution >= 0.6 is 0 Å². The van der Waals surface area contributed by atoms with Gasteiger partial charge in [0, 0.05) is 30.8 Å². The van der Waals surface area contributed by atoms with Crippen molar-refractivity contribution in [2.24, 2.45) is 0 Å². The van der Waals surface area contributed by atoms with Gasteiger partial charge in [0.25, 0.3) is 0 Å². The molecular weight excluding hydrogens is 186 g/mol. The van der Waals surface area contributed by atoms with Crippen LogP contribution in [0.25, 0.3) is 0 Å². The Hall–Kier alpha value is -1.64. The summed E-state index contributed by atoms with van der Waals surface area (Å²) in [5.41, 5.74) is 2.42. The topological polar surface area (TPSA) is 30.7 Å². The number of aryl methyl sites for hydroxylation is 1. The molecule has 0 spiro atoms. The van der Waals surface area contributed by atoms with E-state index in [1.807, 2.05) is 57.8 Å². The Labute approximate surface area is 90.8 Å². The summed E-state index contributed by atoms with van der Waals surface area (Å²) >= 11 is 0. The lowest BCUT2D eigenvalue weighted by molar-refractivity contribution is 0.769. The van der Waals surface area contributed by atoms with Crippen LogP contribution in [0.4, 0.5) is 0 Å². The van der Waals surface area contributed by atoms with E-state index in [2.05, 4.69) is 14.5 Å². The molecule has 0 saturated carbocycles. The van der Waals surface area contributed by atoms with Crippen molar-refractivity contribution < 1.29 is 0 Å². The van der Waals surface area contributed by atoms with Crippen molar-refractivity contribution in [3.05, 3.63) is 48.3 Å². The third-order valence-corrected chi connectivity index (χ3v) is 2.02. The zero-order chi connectivity index (χ0) is 11.1. The molecule has 0 aliphatic heterocycles. The standard InChI is InChI=1S/C10H11N3.C2H6/c1-9-6-12-8-13(9)7-10-2-4-11-5-3-10;1-2/h2-6,8H,7H2,1H3;1-2H3. The van der Waals surface area contributed by atoms with Gasteiger partial charge in [-0.3, -0.25) is 4.98 Å². The van der Waals surface area contributed by atoms with E-state index in [1.165, 1.54) is 11.3 Å². The average molecular weight is 203 g/mol. The zero-order valence-electron chi connectivity index (χ0n) is 9.51. The van der Waals surface area contributed by atoms with Crippen molar-refractivity contribution in [1.82, 2.24) is 14.5 Å². The van der Waals surface area contributed by atoms with Gasteiger partial charge >= 0.3 is 0 Å². The monoisotopic (exact) mass is 203 g/mol. The number of rotatable bonds is 2. The first-order valence-electron chi connectivity index (χ1n) is 5.22. The molecule has 0 aliphatic carbocycles. The molecule has 0 N–H and O–H groups in total. The number of pyridine rings is 1. The van der Waals surface area contributed by atoms with E-state index in [0.717, 1.165) is 6.54 Å². The van der Waals surface area contributed by atoms with Crippen molar-refractivity contribution >= 4 is 0 Å². The lowest BCUT2D eigenvalue weighted by Crippen LogP contribution is -1.99. The predicted molar refractivity (Wildman–Crippen MR) is 61.7 cm³/mol. The van der Waals surface area contributed by atoms with Gasteiger partial charge < -0.3 is 4.57 Å². The van der Waals surface area contributed by atoms with Crippen LogP contribution in [0.3, 0.4) is 0 Å². The van der Waals surface area contributed by atoms with E-state index >= 15 is 0 Å². The summed E-state index contributed by atoms with van der Waals surface area (Å²) in [6, 6.07) is 4.03. The Morgan fingerprint density at radius 3 is 2.33 bits per heavy atom. The van der Waals surface area contributed by atoms with E-state index in [0.29, 0.717) is 0 Å². The van der Waals surface area contributed by atoms with Gasteiger partial charge in [-0.05, 0) is 24.6 Å². The Morgan fingerprint density at radius 2 is 1.80 bits per heavy atom. The molecule has 2 aromatic rings. The minimum atomic E-state index is 0.869. The maximum Gasteiger partial charge on any atom is 0.0951 e. The van der Waals surface area contributed by atoms with Gasteiger partial charge in [0.2, 0.25) is 0 Å². The van der Waals surface area contributed by atoms with Crippen LogP contribution in [0.5, 0.6) is 0 Å². The number of hydrogen-bond donors (Lipinski definition) is 0. The normalized spacial score (nSPS) is 9.27. The highest BCUT2D eigenvalue weighted by Gasteiger charge is 1.96. The molecular formula is C12H17N3. The van der Waals surface area contributed by atoms with Crippen LogP contribution in [-0.2, 0) is 6.54 Å². The Kier molecular flexibility index (Phi) is 4.54. The van der Waals surface area contributed by atoms with E-state index in [4.69, 9.17) is 0 Å². The van der Waals surface area contributed by atoms with Gasteiger partial charge in [-0.1, -0.05) is 13.8 Å². The smallest absolute Gasteiger partial charge is 0.0951 e. The van der Waals surface area contributed by atoms with Crippen molar-refractivity contribution in [1.29, 1.82) is 0 Å². The maximum atomic E-state index is 4.07. The van der Waals surface area contributed by atoms with Crippen LogP contribution in [0.1, 0.15) is 25.1 Å². The summed E-state index contributed by atoms with van der Waals surface area (Å²) in [4.78, 5) is 8.04. The Bertz CT molecular complexity index is 379. The van der Waals surface area contributed by atoms with Crippen molar-refractivity contribution in [3.63, 3.8) is 0 Å². The number of imidazole rings is 1. The van der Waals surface area contributed by atoms with Gasteiger partial charge in [0.1, 0.15) is 0 Å². The van der Waals surface area contributed by atoms with Gasteiger partial charge in [-0.25, -0.2) is 4.98 Å². The molecule has 0 atom stereocenters. The minimum Gasteiger partial charge on any atom is -0.330 e.